The van der Waals surface area contributed by atoms with Crippen molar-refractivity contribution < 1.29 is 14.9 Å². The van der Waals surface area contributed by atoms with Crippen molar-refractivity contribution in [2.75, 3.05) is 12.3 Å². The number of ether oxygens (including phenoxy) is 1. The molecule has 9 heteroatoms. The van der Waals surface area contributed by atoms with Gasteiger partial charge in [-0.3, -0.25) is 14.3 Å². The van der Waals surface area contributed by atoms with Crippen molar-refractivity contribution in [2.24, 2.45) is 5.92 Å². The Morgan fingerprint density at radius 3 is 3.00 bits per heavy atom. The van der Waals surface area contributed by atoms with Crippen LogP contribution in [-0.2, 0) is 4.74 Å². The summed E-state index contributed by atoms with van der Waals surface area (Å²) in [6, 6.07) is 0. The number of hydrogen-bond donors (Lipinski definition) is 4. The molecule has 3 heterocycles. The van der Waals surface area contributed by atoms with Gasteiger partial charge in [-0.15, -0.1) is 0 Å². The standard InChI is InChI=1S/C11H15N5O4/c1-4-7(18)5(2-17)20-10(4)16-3-13-6-8(16)14-11(12)15-9(6)19/h3-5,7,10,17-18H,2H2,1H3,(H3,12,14,15,19)/t4-,5+,7?,10+/m0/s1. The van der Waals surface area contributed by atoms with E-state index < -0.39 is 24.0 Å². The highest BCUT2D eigenvalue weighted by molar-refractivity contribution is 5.70. The van der Waals surface area contributed by atoms with Crippen LogP contribution in [0.25, 0.3) is 11.2 Å². The summed E-state index contributed by atoms with van der Waals surface area (Å²) in [5.74, 6) is -0.305. The van der Waals surface area contributed by atoms with Crippen LogP contribution in [0.4, 0.5) is 5.95 Å². The van der Waals surface area contributed by atoms with E-state index in [4.69, 9.17) is 10.5 Å². The topological polar surface area (TPSA) is 139 Å². The Morgan fingerprint density at radius 1 is 1.60 bits per heavy atom. The summed E-state index contributed by atoms with van der Waals surface area (Å²) in [5.41, 5.74) is 5.53. The smallest absolute Gasteiger partial charge is 0.280 e. The van der Waals surface area contributed by atoms with E-state index in [0.29, 0.717) is 0 Å². The molecule has 0 aliphatic carbocycles. The number of anilines is 1. The molecule has 1 aliphatic rings. The van der Waals surface area contributed by atoms with Crippen LogP contribution in [0.3, 0.4) is 0 Å². The second kappa shape index (κ2) is 4.54. The summed E-state index contributed by atoms with van der Waals surface area (Å²) in [6.07, 6.45) is -0.630. The highest BCUT2D eigenvalue weighted by Gasteiger charge is 2.42. The zero-order valence-corrected chi connectivity index (χ0v) is 10.7. The highest BCUT2D eigenvalue weighted by atomic mass is 16.5. The van der Waals surface area contributed by atoms with Gasteiger partial charge in [-0.2, -0.15) is 4.98 Å². The number of fused-ring (bicyclic) bond motifs is 1. The van der Waals surface area contributed by atoms with Gasteiger partial charge in [0.25, 0.3) is 5.56 Å². The van der Waals surface area contributed by atoms with E-state index in [0.717, 1.165) is 0 Å². The van der Waals surface area contributed by atoms with Crippen LogP contribution in [0, 0.1) is 5.92 Å². The van der Waals surface area contributed by atoms with Gasteiger partial charge in [0.2, 0.25) is 5.95 Å². The summed E-state index contributed by atoms with van der Waals surface area (Å²) in [6.45, 7) is 1.50. The number of imidazole rings is 1. The monoisotopic (exact) mass is 281 g/mol. The molecule has 3 rings (SSSR count). The van der Waals surface area contributed by atoms with Crippen molar-refractivity contribution in [3.63, 3.8) is 0 Å². The average molecular weight is 281 g/mol. The summed E-state index contributed by atoms with van der Waals surface area (Å²) in [4.78, 5) is 22.1. The Hall–Kier alpha value is -1.97. The molecule has 0 aromatic carbocycles. The Morgan fingerprint density at radius 2 is 2.35 bits per heavy atom. The first-order valence-electron chi connectivity index (χ1n) is 6.19. The number of nitrogen functional groups attached to an aromatic ring is 1. The lowest BCUT2D eigenvalue weighted by molar-refractivity contribution is -0.0447. The van der Waals surface area contributed by atoms with E-state index in [1.165, 1.54) is 6.33 Å². The van der Waals surface area contributed by atoms with Crippen LogP contribution in [0.1, 0.15) is 13.2 Å². The van der Waals surface area contributed by atoms with E-state index >= 15 is 0 Å². The van der Waals surface area contributed by atoms with E-state index in [1.54, 1.807) is 11.5 Å². The fourth-order valence-electron chi connectivity index (χ4n) is 2.49. The molecule has 0 bridgehead atoms. The largest absolute Gasteiger partial charge is 0.394 e. The molecular formula is C11H15N5O4. The quantitative estimate of drug-likeness (QED) is 0.530. The number of nitrogens with two attached hydrogens (primary N) is 1. The number of nitrogens with zero attached hydrogens (tertiary/aromatic N) is 3. The normalized spacial score (nSPS) is 30.1. The molecule has 4 atom stereocenters. The number of nitrogens with one attached hydrogen (secondary N) is 1. The van der Waals surface area contributed by atoms with E-state index in [9.17, 15) is 15.0 Å². The molecule has 9 nitrogen and oxygen atoms in total. The Balaban J connectivity index is 2.09. The summed E-state index contributed by atoms with van der Waals surface area (Å²) < 4.78 is 7.14. The number of rotatable bonds is 2. The van der Waals surface area contributed by atoms with Gasteiger partial charge in [-0.25, -0.2) is 4.98 Å². The van der Waals surface area contributed by atoms with Crippen LogP contribution >= 0.6 is 0 Å². The molecule has 1 aliphatic heterocycles. The molecule has 1 saturated heterocycles. The minimum absolute atomic E-state index is 0.0193. The molecule has 20 heavy (non-hydrogen) atoms. The maximum atomic E-state index is 11.7. The van der Waals surface area contributed by atoms with Gasteiger partial charge in [0.05, 0.1) is 19.0 Å². The Kier molecular flexibility index (Phi) is 2.96. The summed E-state index contributed by atoms with van der Waals surface area (Å²) in [5, 5.41) is 19.1. The van der Waals surface area contributed by atoms with Crippen LogP contribution in [0.15, 0.2) is 11.1 Å². The third kappa shape index (κ3) is 1.79. The molecule has 1 unspecified atom stereocenters. The second-order valence-corrected chi connectivity index (χ2v) is 4.87. The predicted octanol–water partition coefficient (Wildman–Crippen LogP) is -1.41. The lowest BCUT2D eigenvalue weighted by atomic mass is 10.0. The molecule has 2 aromatic heterocycles. The van der Waals surface area contributed by atoms with E-state index in [1.807, 2.05) is 0 Å². The van der Waals surface area contributed by atoms with Crippen molar-refractivity contribution in [3.05, 3.63) is 16.7 Å². The van der Waals surface area contributed by atoms with Crippen molar-refractivity contribution in [1.82, 2.24) is 19.5 Å². The molecule has 0 saturated carbocycles. The maximum Gasteiger partial charge on any atom is 0.280 e. The minimum Gasteiger partial charge on any atom is -0.394 e. The van der Waals surface area contributed by atoms with E-state index in [-0.39, 0.29) is 29.6 Å². The van der Waals surface area contributed by atoms with Crippen molar-refractivity contribution in [2.45, 2.75) is 25.4 Å². The summed E-state index contributed by atoms with van der Waals surface area (Å²) >= 11 is 0. The lowest BCUT2D eigenvalue weighted by Crippen LogP contribution is -2.28. The van der Waals surface area contributed by atoms with Gasteiger partial charge < -0.3 is 20.7 Å². The van der Waals surface area contributed by atoms with Gasteiger partial charge in [-0.1, -0.05) is 6.92 Å². The third-order valence-corrected chi connectivity index (χ3v) is 3.59. The van der Waals surface area contributed by atoms with Crippen LogP contribution in [0.2, 0.25) is 0 Å². The number of aromatic nitrogens is 4. The molecule has 0 amide bonds. The number of aliphatic hydroxyl groups is 2. The zero-order chi connectivity index (χ0) is 14.4. The van der Waals surface area contributed by atoms with Gasteiger partial charge in [0.15, 0.2) is 11.2 Å². The third-order valence-electron chi connectivity index (χ3n) is 3.59. The molecule has 108 valence electrons. The number of H-pyrrole nitrogens is 1. The lowest BCUT2D eigenvalue weighted by Gasteiger charge is -2.17. The van der Waals surface area contributed by atoms with Crippen LogP contribution in [0.5, 0.6) is 0 Å². The van der Waals surface area contributed by atoms with Crippen molar-refractivity contribution in [1.29, 1.82) is 0 Å². The average Bonchev–Trinajstić information content (AvgIpc) is 2.93. The zero-order valence-electron chi connectivity index (χ0n) is 10.7. The van der Waals surface area contributed by atoms with Crippen molar-refractivity contribution in [3.8, 4) is 0 Å². The number of aliphatic hydroxyl groups excluding tert-OH is 2. The first-order chi connectivity index (χ1) is 9.52. The fraction of sp³-hybridized carbons (Fsp3) is 0.545. The van der Waals surface area contributed by atoms with Gasteiger partial charge in [0.1, 0.15) is 12.3 Å². The molecule has 1 fully saturated rings. The van der Waals surface area contributed by atoms with Crippen LogP contribution in [-0.4, -0.2) is 48.5 Å². The van der Waals surface area contributed by atoms with Crippen LogP contribution < -0.4 is 11.3 Å². The molecular weight excluding hydrogens is 266 g/mol. The fourth-order valence-corrected chi connectivity index (χ4v) is 2.49. The van der Waals surface area contributed by atoms with Gasteiger partial charge in [-0.05, 0) is 0 Å². The summed E-state index contributed by atoms with van der Waals surface area (Å²) in [7, 11) is 0. The first kappa shape index (κ1) is 13.0. The highest BCUT2D eigenvalue weighted by Crippen LogP contribution is 2.35. The molecule has 5 N–H and O–H groups in total. The van der Waals surface area contributed by atoms with E-state index in [2.05, 4.69) is 15.0 Å². The predicted molar refractivity (Wildman–Crippen MR) is 68.7 cm³/mol. The SMILES string of the molecule is C[C@H]1C(O)[C@@H](CO)O[C@H]1n1cnc2c(=O)[nH]c(N)nc21. The first-order valence-corrected chi connectivity index (χ1v) is 6.19. The Bertz CT molecular complexity index is 696. The molecule has 0 radical (unpaired) electrons. The second-order valence-electron chi connectivity index (χ2n) is 4.87. The molecule has 0 spiro atoms. The van der Waals surface area contributed by atoms with Gasteiger partial charge >= 0.3 is 0 Å². The Labute approximate surface area is 113 Å². The van der Waals surface area contributed by atoms with Gasteiger partial charge in [0, 0.05) is 5.92 Å². The molecule has 2 aromatic rings. The number of aromatic amines is 1. The number of hydrogen-bond acceptors (Lipinski definition) is 7. The maximum absolute atomic E-state index is 11.7. The minimum atomic E-state index is -0.804. The van der Waals surface area contributed by atoms with Crippen molar-refractivity contribution >= 4 is 17.1 Å².